The van der Waals surface area contributed by atoms with Gasteiger partial charge in [0.2, 0.25) is 26.0 Å². The Labute approximate surface area is 214 Å². The summed E-state index contributed by atoms with van der Waals surface area (Å²) in [4.78, 5) is 12.9. The SMILES string of the molecule is CCC1CCCCN1S(=O)(=O)c1ccc(S(=O)(=O)N(CC(=O)Nc2ccccc2)C2CCCC2)cc1. The van der Waals surface area contributed by atoms with Gasteiger partial charge in [0.05, 0.1) is 16.3 Å². The van der Waals surface area contributed by atoms with Gasteiger partial charge in [0.25, 0.3) is 0 Å². The van der Waals surface area contributed by atoms with Crippen LogP contribution in [0.25, 0.3) is 0 Å². The minimum atomic E-state index is -4.01. The molecule has 8 nitrogen and oxygen atoms in total. The molecule has 1 aliphatic carbocycles. The van der Waals surface area contributed by atoms with Crippen LogP contribution in [0.2, 0.25) is 0 Å². The molecule has 1 saturated heterocycles. The number of nitrogens with one attached hydrogen (secondary N) is 1. The van der Waals surface area contributed by atoms with Crippen molar-refractivity contribution >= 4 is 31.6 Å². The lowest BCUT2D eigenvalue weighted by Gasteiger charge is -2.34. The molecule has 1 amide bonds. The van der Waals surface area contributed by atoms with E-state index in [1.807, 2.05) is 13.0 Å². The van der Waals surface area contributed by atoms with E-state index in [1.54, 1.807) is 28.6 Å². The van der Waals surface area contributed by atoms with Crippen molar-refractivity contribution in [3.8, 4) is 0 Å². The number of piperidine rings is 1. The van der Waals surface area contributed by atoms with E-state index in [9.17, 15) is 21.6 Å². The summed E-state index contributed by atoms with van der Waals surface area (Å²) in [6.45, 7) is 2.17. The topological polar surface area (TPSA) is 104 Å². The summed E-state index contributed by atoms with van der Waals surface area (Å²) >= 11 is 0. The fourth-order valence-corrected chi connectivity index (χ4v) is 8.63. The van der Waals surface area contributed by atoms with Gasteiger partial charge in [-0.25, -0.2) is 16.8 Å². The van der Waals surface area contributed by atoms with Crippen LogP contribution in [0.15, 0.2) is 64.4 Å². The van der Waals surface area contributed by atoms with E-state index in [4.69, 9.17) is 0 Å². The molecule has 1 N–H and O–H groups in total. The zero-order valence-corrected chi connectivity index (χ0v) is 22.3. The maximum absolute atomic E-state index is 13.7. The molecule has 2 aromatic carbocycles. The van der Waals surface area contributed by atoms with Crippen LogP contribution in [0, 0.1) is 0 Å². The molecule has 10 heteroatoms. The molecular formula is C26H35N3O5S2. The fourth-order valence-electron chi connectivity index (χ4n) is 5.22. The third-order valence-corrected chi connectivity index (χ3v) is 11.0. The zero-order valence-electron chi connectivity index (χ0n) is 20.7. The average Bonchev–Trinajstić information content (AvgIpc) is 3.42. The van der Waals surface area contributed by atoms with Gasteiger partial charge in [-0.2, -0.15) is 8.61 Å². The second-order valence-electron chi connectivity index (χ2n) is 9.55. The molecule has 0 bridgehead atoms. The lowest BCUT2D eigenvalue weighted by molar-refractivity contribution is -0.116. The zero-order chi connectivity index (χ0) is 25.8. The molecule has 2 aliphatic rings. The van der Waals surface area contributed by atoms with E-state index in [-0.39, 0.29) is 28.4 Å². The van der Waals surface area contributed by atoms with Gasteiger partial charge in [0.15, 0.2) is 0 Å². The van der Waals surface area contributed by atoms with E-state index >= 15 is 0 Å². The number of carbonyl (C=O) groups excluding carboxylic acids is 1. The maximum atomic E-state index is 13.7. The quantitative estimate of drug-likeness (QED) is 0.520. The van der Waals surface area contributed by atoms with Crippen LogP contribution >= 0.6 is 0 Å². The van der Waals surface area contributed by atoms with Crippen LogP contribution in [0.4, 0.5) is 5.69 Å². The van der Waals surface area contributed by atoms with Crippen LogP contribution in [0.5, 0.6) is 0 Å². The Hall–Kier alpha value is -2.27. The highest BCUT2D eigenvalue weighted by Gasteiger charge is 2.36. The first-order chi connectivity index (χ1) is 17.2. The van der Waals surface area contributed by atoms with Crippen molar-refractivity contribution in [3.63, 3.8) is 0 Å². The average molecular weight is 534 g/mol. The van der Waals surface area contributed by atoms with Gasteiger partial charge < -0.3 is 5.32 Å². The first kappa shape index (κ1) is 26.8. The van der Waals surface area contributed by atoms with Crippen LogP contribution in [0.3, 0.4) is 0 Å². The van der Waals surface area contributed by atoms with Gasteiger partial charge in [-0.1, -0.05) is 44.4 Å². The first-order valence-corrected chi connectivity index (χ1v) is 15.6. The summed E-state index contributed by atoms with van der Waals surface area (Å²) < 4.78 is 56.7. The largest absolute Gasteiger partial charge is 0.325 e. The minimum absolute atomic E-state index is 0.00783. The molecule has 1 aliphatic heterocycles. The number of carbonyl (C=O) groups is 1. The van der Waals surface area contributed by atoms with Crippen LogP contribution in [-0.2, 0) is 24.8 Å². The maximum Gasteiger partial charge on any atom is 0.243 e. The Morgan fingerprint density at radius 1 is 0.889 bits per heavy atom. The highest BCUT2D eigenvalue weighted by atomic mass is 32.2. The Balaban J connectivity index is 1.56. The molecule has 0 aromatic heterocycles. The molecular weight excluding hydrogens is 498 g/mol. The number of nitrogens with zero attached hydrogens (tertiary/aromatic N) is 2. The monoisotopic (exact) mass is 533 g/mol. The number of anilines is 1. The number of rotatable bonds is 9. The molecule has 4 rings (SSSR count). The molecule has 0 radical (unpaired) electrons. The van der Waals surface area contributed by atoms with E-state index in [0.717, 1.165) is 38.5 Å². The van der Waals surface area contributed by atoms with Gasteiger partial charge in [0, 0.05) is 24.3 Å². The van der Waals surface area contributed by atoms with E-state index in [0.29, 0.717) is 25.1 Å². The number of hydrogen-bond acceptors (Lipinski definition) is 5. The number of sulfonamides is 2. The Bertz CT molecular complexity index is 1240. The van der Waals surface area contributed by atoms with Gasteiger partial charge in [-0.15, -0.1) is 0 Å². The van der Waals surface area contributed by atoms with Crippen molar-refractivity contribution in [1.29, 1.82) is 0 Å². The van der Waals surface area contributed by atoms with Gasteiger partial charge >= 0.3 is 0 Å². The predicted octanol–water partition coefficient (Wildman–Crippen LogP) is 4.21. The lowest BCUT2D eigenvalue weighted by Crippen LogP contribution is -2.44. The molecule has 2 fully saturated rings. The van der Waals surface area contributed by atoms with Crippen LogP contribution in [0.1, 0.15) is 58.3 Å². The second kappa shape index (κ2) is 11.4. The molecule has 0 spiro atoms. The van der Waals surface area contributed by atoms with Gasteiger partial charge in [-0.05, 0) is 68.5 Å². The molecule has 1 unspecified atom stereocenters. The van der Waals surface area contributed by atoms with Gasteiger partial charge in [0.1, 0.15) is 0 Å². The van der Waals surface area contributed by atoms with Crippen molar-refractivity contribution < 1.29 is 21.6 Å². The third-order valence-electron chi connectivity index (χ3n) is 7.17. The van der Waals surface area contributed by atoms with Crippen molar-refractivity contribution in [2.24, 2.45) is 0 Å². The van der Waals surface area contributed by atoms with Crippen molar-refractivity contribution in [3.05, 3.63) is 54.6 Å². The highest BCUT2D eigenvalue weighted by molar-refractivity contribution is 7.89. The van der Waals surface area contributed by atoms with E-state index < -0.39 is 26.0 Å². The van der Waals surface area contributed by atoms with Gasteiger partial charge in [-0.3, -0.25) is 4.79 Å². The Kier molecular flexibility index (Phi) is 8.49. The lowest BCUT2D eigenvalue weighted by atomic mass is 10.0. The number of benzene rings is 2. The highest BCUT2D eigenvalue weighted by Crippen LogP contribution is 2.31. The number of hydrogen-bond donors (Lipinski definition) is 1. The molecule has 1 heterocycles. The first-order valence-electron chi connectivity index (χ1n) is 12.7. The fraction of sp³-hybridized carbons (Fsp3) is 0.500. The summed E-state index contributed by atoms with van der Waals surface area (Å²) in [6.07, 6.45) is 6.61. The predicted molar refractivity (Wildman–Crippen MR) is 139 cm³/mol. The summed E-state index contributed by atoms with van der Waals surface area (Å²) in [5.41, 5.74) is 0.601. The van der Waals surface area contributed by atoms with Crippen LogP contribution < -0.4 is 5.32 Å². The standard InChI is InChI=1S/C26H35N3O5S2/c1-2-22-12-8-9-19-28(22)35(31,32)24-15-17-25(18-16-24)36(33,34)29(23-13-6-7-14-23)20-26(30)27-21-10-4-3-5-11-21/h3-5,10-11,15-18,22-23H,2,6-9,12-14,19-20H2,1H3,(H,27,30). The molecule has 1 atom stereocenters. The summed E-state index contributed by atoms with van der Waals surface area (Å²) in [5.74, 6) is -0.411. The second-order valence-corrected chi connectivity index (χ2v) is 13.3. The van der Waals surface area contributed by atoms with E-state index in [1.165, 1.54) is 28.6 Å². The van der Waals surface area contributed by atoms with Crippen molar-refractivity contribution in [2.45, 2.75) is 80.2 Å². The smallest absolute Gasteiger partial charge is 0.243 e. The van der Waals surface area contributed by atoms with E-state index in [2.05, 4.69) is 5.32 Å². The Morgan fingerprint density at radius 2 is 1.50 bits per heavy atom. The van der Waals surface area contributed by atoms with Crippen molar-refractivity contribution in [1.82, 2.24) is 8.61 Å². The van der Waals surface area contributed by atoms with Crippen molar-refractivity contribution in [2.75, 3.05) is 18.4 Å². The summed E-state index contributed by atoms with van der Waals surface area (Å²) in [7, 11) is -7.72. The minimum Gasteiger partial charge on any atom is -0.325 e. The molecule has 196 valence electrons. The number of amides is 1. The van der Waals surface area contributed by atoms with Crippen LogP contribution in [-0.4, -0.2) is 56.5 Å². The molecule has 2 aromatic rings. The molecule has 1 saturated carbocycles. The molecule has 36 heavy (non-hydrogen) atoms. The summed E-state index contributed by atoms with van der Waals surface area (Å²) in [6, 6.07) is 14.1. The third kappa shape index (κ3) is 5.82. The number of para-hydroxylation sites is 1. The normalized spacial score (nSPS) is 20.0. The summed E-state index contributed by atoms with van der Waals surface area (Å²) in [5, 5.41) is 2.76. The Morgan fingerprint density at radius 3 is 2.14 bits per heavy atom.